The van der Waals surface area contributed by atoms with Gasteiger partial charge in [0.2, 0.25) is 0 Å². The van der Waals surface area contributed by atoms with Crippen molar-refractivity contribution in [2.24, 2.45) is 0 Å². The molecule has 0 saturated carbocycles. The van der Waals surface area contributed by atoms with Crippen LogP contribution in [0.4, 0.5) is 4.79 Å². The van der Waals surface area contributed by atoms with Gasteiger partial charge in [-0.3, -0.25) is 4.79 Å². The Kier molecular flexibility index (Phi) is 12.5. The van der Waals surface area contributed by atoms with Gasteiger partial charge in [0.15, 0.2) is 0 Å². The summed E-state index contributed by atoms with van der Waals surface area (Å²) < 4.78 is 5.17. The maximum Gasteiger partial charge on any atom is 0.407 e. The number of hydrogen-bond donors (Lipinski definition) is 2. The average Bonchev–Trinajstić information content (AvgIpc) is 2.41. The maximum atomic E-state index is 11.4. The van der Waals surface area contributed by atoms with Gasteiger partial charge in [-0.05, 0) is 33.6 Å². The molecule has 0 bridgehead atoms. The van der Waals surface area contributed by atoms with Gasteiger partial charge >= 0.3 is 12.1 Å². The molecule has 0 unspecified atom stereocenters. The van der Waals surface area contributed by atoms with Gasteiger partial charge < -0.3 is 15.2 Å². The summed E-state index contributed by atoms with van der Waals surface area (Å²) in [7, 11) is 0. The van der Waals surface area contributed by atoms with E-state index in [2.05, 4.69) is 5.32 Å². The molecule has 0 aromatic rings. The van der Waals surface area contributed by atoms with Crippen LogP contribution in [0.15, 0.2) is 0 Å². The lowest BCUT2D eigenvalue weighted by Gasteiger charge is -2.19. The molecule has 2 N–H and O–H groups in total. The Labute approximate surface area is 141 Å². The first-order chi connectivity index (χ1) is 10.8. The number of carbonyl (C=O) groups excluding carboxylic acids is 1. The van der Waals surface area contributed by atoms with Crippen LogP contribution in [0.3, 0.4) is 0 Å². The Morgan fingerprint density at radius 1 is 0.826 bits per heavy atom. The third-order valence-corrected chi connectivity index (χ3v) is 3.49. The third kappa shape index (κ3) is 18.7. The van der Waals surface area contributed by atoms with Gasteiger partial charge in [-0.1, -0.05) is 51.4 Å². The normalized spacial score (nSPS) is 11.3. The molecule has 5 nitrogen and oxygen atoms in total. The van der Waals surface area contributed by atoms with E-state index in [0.717, 1.165) is 32.1 Å². The van der Waals surface area contributed by atoms with Crippen LogP contribution in [0, 0.1) is 0 Å². The number of ether oxygens (including phenoxy) is 1. The molecule has 1 amide bonds. The van der Waals surface area contributed by atoms with Crippen molar-refractivity contribution in [3.8, 4) is 0 Å². The number of rotatable bonds is 13. The van der Waals surface area contributed by atoms with Crippen molar-refractivity contribution in [2.75, 3.05) is 6.54 Å². The molecular formula is C18H35NO4. The molecule has 0 rings (SSSR count). The second-order valence-electron chi connectivity index (χ2n) is 7.11. The van der Waals surface area contributed by atoms with Gasteiger partial charge in [0.1, 0.15) is 5.60 Å². The summed E-state index contributed by atoms with van der Waals surface area (Å²) in [5.41, 5.74) is -0.433. The number of hydrogen-bond acceptors (Lipinski definition) is 3. The lowest BCUT2D eigenvalue weighted by Crippen LogP contribution is -2.32. The van der Waals surface area contributed by atoms with Crippen molar-refractivity contribution >= 4 is 12.1 Å². The van der Waals surface area contributed by atoms with Crippen molar-refractivity contribution in [2.45, 2.75) is 97.0 Å². The van der Waals surface area contributed by atoms with E-state index >= 15 is 0 Å². The van der Waals surface area contributed by atoms with Crippen molar-refractivity contribution in [3.63, 3.8) is 0 Å². The second-order valence-corrected chi connectivity index (χ2v) is 7.11. The number of carboxylic acid groups (broad SMARTS) is 1. The van der Waals surface area contributed by atoms with Crippen LogP contribution in [0.25, 0.3) is 0 Å². The first kappa shape index (κ1) is 21.7. The van der Waals surface area contributed by atoms with E-state index in [1.807, 2.05) is 20.8 Å². The number of carboxylic acids is 1. The molecule has 0 aliphatic rings. The molecule has 0 aliphatic carbocycles. The lowest BCUT2D eigenvalue weighted by atomic mass is 10.1. The number of nitrogens with one attached hydrogen (secondary N) is 1. The zero-order valence-corrected chi connectivity index (χ0v) is 15.2. The van der Waals surface area contributed by atoms with Crippen molar-refractivity contribution in [1.82, 2.24) is 5.32 Å². The van der Waals surface area contributed by atoms with Crippen LogP contribution < -0.4 is 5.32 Å². The summed E-state index contributed by atoms with van der Waals surface area (Å²) in [5, 5.41) is 11.3. The van der Waals surface area contributed by atoms with E-state index in [1.54, 1.807) is 0 Å². The number of amides is 1. The largest absolute Gasteiger partial charge is 0.481 e. The van der Waals surface area contributed by atoms with Crippen LogP contribution in [0.5, 0.6) is 0 Å². The number of aliphatic carboxylic acids is 1. The minimum absolute atomic E-state index is 0.303. The summed E-state index contributed by atoms with van der Waals surface area (Å²) in [6.07, 6.45) is 11.2. The zero-order valence-electron chi connectivity index (χ0n) is 15.2. The minimum Gasteiger partial charge on any atom is -0.481 e. The molecule has 0 aliphatic heterocycles. The Morgan fingerprint density at radius 3 is 1.70 bits per heavy atom. The van der Waals surface area contributed by atoms with E-state index in [-0.39, 0.29) is 6.09 Å². The van der Waals surface area contributed by atoms with Crippen molar-refractivity contribution in [1.29, 1.82) is 0 Å². The highest BCUT2D eigenvalue weighted by atomic mass is 16.6. The van der Waals surface area contributed by atoms with E-state index < -0.39 is 11.6 Å². The fourth-order valence-electron chi connectivity index (χ4n) is 2.32. The molecule has 23 heavy (non-hydrogen) atoms. The van der Waals surface area contributed by atoms with Crippen LogP contribution in [0.2, 0.25) is 0 Å². The summed E-state index contributed by atoms with van der Waals surface area (Å²) >= 11 is 0. The summed E-state index contributed by atoms with van der Waals surface area (Å²) in [4.78, 5) is 21.8. The molecule has 0 fully saturated rings. The highest BCUT2D eigenvalue weighted by Crippen LogP contribution is 2.11. The number of carbonyl (C=O) groups is 2. The van der Waals surface area contributed by atoms with E-state index in [0.29, 0.717) is 13.0 Å². The Balaban J connectivity index is 3.19. The van der Waals surface area contributed by atoms with Crippen LogP contribution in [-0.4, -0.2) is 29.3 Å². The Morgan fingerprint density at radius 2 is 1.26 bits per heavy atom. The third-order valence-electron chi connectivity index (χ3n) is 3.49. The molecule has 136 valence electrons. The molecule has 0 atom stereocenters. The SMILES string of the molecule is CC(C)(C)OC(=O)NCCCCCCCCCCCCC(=O)O. The fourth-order valence-corrected chi connectivity index (χ4v) is 2.32. The predicted molar refractivity (Wildman–Crippen MR) is 92.7 cm³/mol. The second kappa shape index (κ2) is 13.2. The molecule has 0 aromatic carbocycles. The molecule has 0 saturated heterocycles. The molecule has 0 spiro atoms. The molecular weight excluding hydrogens is 294 g/mol. The topological polar surface area (TPSA) is 75.6 Å². The first-order valence-corrected chi connectivity index (χ1v) is 9.00. The van der Waals surface area contributed by atoms with Gasteiger partial charge in [0, 0.05) is 13.0 Å². The highest BCUT2D eigenvalue weighted by Gasteiger charge is 2.15. The Hall–Kier alpha value is -1.26. The zero-order chi connectivity index (χ0) is 17.6. The van der Waals surface area contributed by atoms with Crippen LogP contribution in [0.1, 0.15) is 91.4 Å². The molecule has 0 heterocycles. The summed E-state index contributed by atoms with van der Waals surface area (Å²) in [5.74, 6) is -0.689. The van der Waals surface area contributed by atoms with Crippen molar-refractivity contribution < 1.29 is 19.4 Å². The van der Waals surface area contributed by atoms with Crippen LogP contribution in [-0.2, 0) is 9.53 Å². The summed E-state index contributed by atoms with van der Waals surface area (Å²) in [6.45, 7) is 6.26. The number of unbranched alkanes of at least 4 members (excludes halogenated alkanes) is 9. The first-order valence-electron chi connectivity index (χ1n) is 9.00. The smallest absolute Gasteiger partial charge is 0.407 e. The van der Waals surface area contributed by atoms with E-state index in [4.69, 9.17) is 9.84 Å². The highest BCUT2D eigenvalue weighted by molar-refractivity contribution is 5.67. The van der Waals surface area contributed by atoms with Crippen LogP contribution >= 0.6 is 0 Å². The van der Waals surface area contributed by atoms with Gasteiger partial charge in [0.25, 0.3) is 0 Å². The van der Waals surface area contributed by atoms with Gasteiger partial charge in [-0.25, -0.2) is 4.79 Å². The standard InChI is InChI=1S/C18H35NO4/c1-18(2,3)23-17(22)19-15-13-11-9-7-5-4-6-8-10-12-14-16(20)21/h4-15H2,1-3H3,(H,19,22)(H,20,21). The quantitative estimate of drug-likeness (QED) is 0.472. The van der Waals surface area contributed by atoms with Gasteiger partial charge in [0.05, 0.1) is 0 Å². The van der Waals surface area contributed by atoms with Crippen molar-refractivity contribution in [3.05, 3.63) is 0 Å². The molecule has 0 radical (unpaired) electrons. The lowest BCUT2D eigenvalue weighted by molar-refractivity contribution is -0.137. The van der Waals surface area contributed by atoms with Gasteiger partial charge in [-0.2, -0.15) is 0 Å². The monoisotopic (exact) mass is 329 g/mol. The molecule has 0 aromatic heterocycles. The average molecular weight is 329 g/mol. The number of alkyl carbamates (subject to hydrolysis) is 1. The summed E-state index contributed by atoms with van der Waals surface area (Å²) in [6, 6.07) is 0. The van der Waals surface area contributed by atoms with E-state index in [1.165, 1.54) is 32.1 Å². The minimum atomic E-state index is -0.689. The fraction of sp³-hybridized carbons (Fsp3) is 0.889. The molecule has 5 heteroatoms. The van der Waals surface area contributed by atoms with Gasteiger partial charge in [-0.15, -0.1) is 0 Å². The Bertz CT molecular complexity index is 323. The maximum absolute atomic E-state index is 11.4. The van der Waals surface area contributed by atoms with E-state index in [9.17, 15) is 9.59 Å². The predicted octanol–water partition coefficient (Wildman–Crippen LogP) is 4.89.